The van der Waals surface area contributed by atoms with Crippen LogP contribution in [0.25, 0.3) is 0 Å². The summed E-state index contributed by atoms with van der Waals surface area (Å²) in [7, 11) is 0. The van der Waals surface area contributed by atoms with Crippen LogP contribution in [0.3, 0.4) is 0 Å². The molecule has 2 nitrogen and oxygen atoms in total. The standard InChI is InChI=1S/C13H11ClO2/c14-13(8-2-1-3-9-13)12(16)10-4-6-11(15)7-5-10/h1-8,15H,9H2/t13-/m1/s1. The zero-order chi connectivity index (χ0) is 11.6. The Labute approximate surface area is 98.9 Å². The van der Waals surface area contributed by atoms with Crippen molar-refractivity contribution < 1.29 is 9.90 Å². The van der Waals surface area contributed by atoms with E-state index >= 15 is 0 Å². The van der Waals surface area contributed by atoms with Crippen LogP contribution in [-0.2, 0) is 0 Å². The Morgan fingerprint density at radius 2 is 1.94 bits per heavy atom. The van der Waals surface area contributed by atoms with E-state index in [1.165, 1.54) is 12.1 Å². The number of allylic oxidation sites excluding steroid dienone is 4. The van der Waals surface area contributed by atoms with Gasteiger partial charge in [-0.05, 0) is 30.7 Å². The number of ketones is 1. The van der Waals surface area contributed by atoms with Crippen molar-refractivity contribution in [2.45, 2.75) is 11.3 Å². The monoisotopic (exact) mass is 234 g/mol. The van der Waals surface area contributed by atoms with E-state index in [1.54, 1.807) is 24.3 Å². The van der Waals surface area contributed by atoms with Gasteiger partial charge in [-0.3, -0.25) is 4.79 Å². The van der Waals surface area contributed by atoms with Crippen molar-refractivity contribution >= 4 is 17.4 Å². The van der Waals surface area contributed by atoms with Crippen LogP contribution < -0.4 is 0 Å². The summed E-state index contributed by atoms with van der Waals surface area (Å²) in [5.74, 6) is -0.00554. The van der Waals surface area contributed by atoms with Crippen LogP contribution in [0.5, 0.6) is 5.75 Å². The molecule has 0 heterocycles. The van der Waals surface area contributed by atoms with Crippen molar-refractivity contribution in [1.82, 2.24) is 0 Å². The van der Waals surface area contributed by atoms with Crippen LogP contribution in [0.15, 0.2) is 48.6 Å². The number of phenolic OH excluding ortho intramolecular Hbond substituents is 1. The number of carbonyl (C=O) groups excluding carboxylic acids is 1. The molecule has 0 amide bonds. The molecule has 82 valence electrons. The topological polar surface area (TPSA) is 37.3 Å². The van der Waals surface area contributed by atoms with Crippen molar-refractivity contribution in [3.05, 3.63) is 54.1 Å². The lowest BCUT2D eigenvalue weighted by atomic mass is 9.91. The third-order valence-electron chi connectivity index (χ3n) is 2.53. The molecule has 1 aromatic carbocycles. The average Bonchev–Trinajstić information content (AvgIpc) is 2.30. The smallest absolute Gasteiger partial charge is 0.187 e. The third kappa shape index (κ3) is 2.02. The van der Waals surface area contributed by atoms with E-state index in [1.807, 2.05) is 12.2 Å². The normalized spacial score (nSPS) is 23.3. The molecule has 2 rings (SSSR count). The van der Waals surface area contributed by atoms with Crippen LogP contribution in [0.4, 0.5) is 0 Å². The number of carbonyl (C=O) groups is 1. The Morgan fingerprint density at radius 3 is 2.50 bits per heavy atom. The molecule has 0 aliphatic heterocycles. The van der Waals surface area contributed by atoms with Gasteiger partial charge in [-0.1, -0.05) is 24.3 Å². The number of hydrogen-bond acceptors (Lipinski definition) is 2. The van der Waals surface area contributed by atoms with Crippen molar-refractivity contribution in [2.75, 3.05) is 0 Å². The van der Waals surface area contributed by atoms with E-state index < -0.39 is 4.87 Å². The maximum atomic E-state index is 12.1. The Bertz CT molecular complexity index is 459. The van der Waals surface area contributed by atoms with Crippen molar-refractivity contribution in [2.24, 2.45) is 0 Å². The Morgan fingerprint density at radius 1 is 1.25 bits per heavy atom. The van der Waals surface area contributed by atoms with Gasteiger partial charge in [-0.15, -0.1) is 11.6 Å². The van der Waals surface area contributed by atoms with E-state index in [2.05, 4.69) is 0 Å². The highest BCUT2D eigenvalue weighted by Crippen LogP contribution is 2.30. The maximum Gasteiger partial charge on any atom is 0.187 e. The van der Waals surface area contributed by atoms with Gasteiger partial charge >= 0.3 is 0 Å². The molecule has 1 aliphatic rings. The van der Waals surface area contributed by atoms with Gasteiger partial charge < -0.3 is 5.11 Å². The lowest BCUT2D eigenvalue weighted by Gasteiger charge is -2.22. The third-order valence-corrected chi connectivity index (χ3v) is 2.98. The summed E-state index contributed by atoms with van der Waals surface area (Å²) in [6.45, 7) is 0. The molecule has 1 N–H and O–H groups in total. The van der Waals surface area contributed by atoms with Crippen LogP contribution in [0.1, 0.15) is 16.8 Å². The Hall–Kier alpha value is -1.54. The van der Waals surface area contributed by atoms with Crippen molar-refractivity contribution in [3.8, 4) is 5.75 Å². The molecule has 0 fully saturated rings. The number of rotatable bonds is 2. The van der Waals surface area contributed by atoms with E-state index in [4.69, 9.17) is 16.7 Å². The molecule has 0 spiro atoms. The van der Waals surface area contributed by atoms with Crippen LogP contribution >= 0.6 is 11.6 Å². The van der Waals surface area contributed by atoms with Crippen molar-refractivity contribution in [1.29, 1.82) is 0 Å². The largest absolute Gasteiger partial charge is 0.508 e. The fourth-order valence-electron chi connectivity index (χ4n) is 1.62. The minimum absolute atomic E-state index is 0.138. The first kappa shape index (κ1) is 11.0. The van der Waals surface area contributed by atoms with Gasteiger partial charge in [-0.2, -0.15) is 0 Å². The van der Waals surface area contributed by atoms with Crippen molar-refractivity contribution in [3.63, 3.8) is 0 Å². The fraction of sp³-hybridized carbons (Fsp3) is 0.154. The maximum absolute atomic E-state index is 12.1. The first-order valence-corrected chi connectivity index (χ1v) is 5.37. The SMILES string of the molecule is O=C(c1ccc(O)cc1)[C@@]1(Cl)C=CC=CC1. The number of alkyl halides is 1. The average molecular weight is 235 g/mol. The van der Waals surface area contributed by atoms with E-state index in [0.717, 1.165) is 0 Å². The molecule has 16 heavy (non-hydrogen) atoms. The lowest BCUT2D eigenvalue weighted by Crippen LogP contribution is -2.30. The molecule has 0 saturated heterocycles. The molecule has 3 heteroatoms. The number of phenols is 1. The van der Waals surface area contributed by atoms with Gasteiger partial charge in [0.25, 0.3) is 0 Å². The summed E-state index contributed by atoms with van der Waals surface area (Å²) >= 11 is 6.25. The number of halogens is 1. The number of aromatic hydroxyl groups is 1. The second kappa shape index (κ2) is 4.14. The summed E-state index contributed by atoms with van der Waals surface area (Å²) in [6.07, 6.45) is 7.69. The van der Waals surface area contributed by atoms with Gasteiger partial charge in [0.1, 0.15) is 10.6 Å². The minimum Gasteiger partial charge on any atom is -0.508 e. The number of Topliss-reactive ketones (excluding diaryl/α,β-unsaturated/α-hetero) is 1. The molecular formula is C13H11ClO2. The predicted molar refractivity (Wildman–Crippen MR) is 63.9 cm³/mol. The second-order valence-corrected chi connectivity index (χ2v) is 4.40. The first-order valence-electron chi connectivity index (χ1n) is 4.99. The highest BCUT2D eigenvalue weighted by atomic mass is 35.5. The van der Waals surface area contributed by atoms with Crippen LogP contribution in [0, 0.1) is 0 Å². The van der Waals surface area contributed by atoms with Gasteiger partial charge in [0, 0.05) is 5.56 Å². The molecule has 0 saturated carbocycles. The minimum atomic E-state index is -0.980. The zero-order valence-electron chi connectivity index (χ0n) is 8.56. The Kier molecular flexibility index (Phi) is 2.84. The fourth-order valence-corrected chi connectivity index (χ4v) is 1.89. The van der Waals surface area contributed by atoms with Gasteiger partial charge in [0.2, 0.25) is 0 Å². The summed E-state index contributed by atoms with van der Waals surface area (Å²) in [5.41, 5.74) is 0.507. The summed E-state index contributed by atoms with van der Waals surface area (Å²) < 4.78 is 0. The number of hydrogen-bond donors (Lipinski definition) is 1. The zero-order valence-corrected chi connectivity index (χ0v) is 9.32. The summed E-state index contributed by atoms with van der Waals surface area (Å²) in [5, 5.41) is 9.14. The second-order valence-electron chi connectivity index (χ2n) is 3.73. The first-order chi connectivity index (χ1) is 7.62. The molecule has 1 aliphatic carbocycles. The lowest BCUT2D eigenvalue weighted by molar-refractivity contribution is 0.0959. The molecule has 1 aromatic rings. The molecule has 1 atom stereocenters. The molecule has 0 aromatic heterocycles. The van der Waals surface area contributed by atoms with Gasteiger partial charge in [0.05, 0.1) is 0 Å². The quantitative estimate of drug-likeness (QED) is 0.631. The highest BCUT2D eigenvalue weighted by molar-refractivity contribution is 6.39. The van der Waals surface area contributed by atoms with Crippen LogP contribution in [-0.4, -0.2) is 15.8 Å². The molecule has 0 radical (unpaired) electrons. The highest BCUT2D eigenvalue weighted by Gasteiger charge is 2.33. The summed E-state index contributed by atoms with van der Waals surface area (Å²) in [6, 6.07) is 6.12. The molecule has 0 bridgehead atoms. The Balaban J connectivity index is 2.28. The molecular weight excluding hydrogens is 224 g/mol. The van der Waals surface area contributed by atoms with E-state index in [0.29, 0.717) is 12.0 Å². The number of benzene rings is 1. The summed E-state index contributed by atoms with van der Waals surface area (Å²) in [4.78, 5) is 11.2. The van der Waals surface area contributed by atoms with Gasteiger partial charge in [-0.25, -0.2) is 0 Å². The van der Waals surface area contributed by atoms with Gasteiger partial charge in [0.15, 0.2) is 5.78 Å². The predicted octanol–water partition coefficient (Wildman–Crippen LogP) is 3.07. The van der Waals surface area contributed by atoms with E-state index in [9.17, 15) is 4.79 Å². The molecule has 0 unspecified atom stereocenters. The van der Waals surface area contributed by atoms with Crippen LogP contribution in [0.2, 0.25) is 0 Å². The van der Waals surface area contributed by atoms with E-state index in [-0.39, 0.29) is 11.5 Å².